The lowest BCUT2D eigenvalue weighted by atomic mass is 10.0. The Morgan fingerprint density at radius 2 is 0.708 bits per heavy atom. The van der Waals surface area contributed by atoms with Gasteiger partial charge in [0.25, 0.3) is 0 Å². The maximum absolute atomic E-state index is 2.44. The Morgan fingerprint density at radius 3 is 1.00 bits per heavy atom. The molecule has 0 aromatic carbocycles. The Kier molecular flexibility index (Phi) is 22.9. The predicted octanol–water partition coefficient (Wildman–Crippen LogP) is 9.12. The molecule has 0 amide bonds. The zero-order valence-corrected chi connectivity index (χ0v) is 20.2. The van der Waals surface area contributed by atoms with E-state index < -0.39 is 7.26 Å². The van der Waals surface area contributed by atoms with Gasteiger partial charge in [0.05, 0.1) is 24.6 Å². The van der Waals surface area contributed by atoms with E-state index in [-0.39, 0.29) is 17.0 Å². The zero-order chi connectivity index (χ0) is 17.2. The van der Waals surface area contributed by atoms with Crippen LogP contribution in [0, 0.1) is 0 Å². The first-order valence-corrected chi connectivity index (χ1v) is 13.6. The van der Waals surface area contributed by atoms with Gasteiger partial charge in [-0.3, -0.25) is 0 Å². The van der Waals surface area contributed by atoms with Crippen molar-refractivity contribution in [1.82, 2.24) is 0 Å². The van der Waals surface area contributed by atoms with E-state index in [4.69, 9.17) is 0 Å². The SMILES string of the molecule is Br.CCCCCCCCCCCCCCCC[P+](CC)(CC)CC. The standard InChI is InChI=1S/C22H48P.BrH/c1-5-9-10-11-12-13-14-15-16-17-18-19-20-21-22-23(6-2,7-3)8-4;/h5-22H2,1-4H3;1H/q+1;. The molecule has 0 nitrogen and oxygen atoms in total. The lowest BCUT2D eigenvalue weighted by Crippen LogP contribution is -2.07. The van der Waals surface area contributed by atoms with E-state index in [9.17, 15) is 0 Å². The van der Waals surface area contributed by atoms with Crippen LogP contribution in [0.15, 0.2) is 0 Å². The van der Waals surface area contributed by atoms with Crippen molar-refractivity contribution >= 4 is 24.2 Å². The van der Waals surface area contributed by atoms with Gasteiger partial charge >= 0.3 is 0 Å². The lowest BCUT2D eigenvalue weighted by Gasteiger charge is -2.23. The quantitative estimate of drug-likeness (QED) is 0.152. The predicted molar refractivity (Wildman–Crippen MR) is 124 cm³/mol. The van der Waals surface area contributed by atoms with Crippen LogP contribution in [0.4, 0.5) is 0 Å². The van der Waals surface area contributed by atoms with Crippen LogP contribution in [0.2, 0.25) is 0 Å². The lowest BCUT2D eigenvalue weighted by molar-refractivity contribution is 0.538. The van der Waals surface area contributed by atoms with Gasteiger partial charge in [0.1, 0.15) is 0 Å². The molecule has 148 valence electrons. The zero-order valence-electron chi connectivity index (χ0n) is 17.6. The average molecular weight is 425 g/mol. The van der Waals surface area contributed by atoms with E-state index in [1.807, 2.05) is 0 Å². The van der Waals surface area contributed by atoms with Crippen LogP contribution in [0.25, 0.3) is 0 Å². The highest BCUT2D eigenvalue weighted by molar-refractivity contribution is 8.93. The second-order valence-electron chi connectivity index (χ2n) is 7.61. The Balaban J connectivity index is 0. The molecule has 0 aliphatic heterocycles. The third-order valence-corrected chi connectivity index (χ3v) is 11.3. The molecule has 0 aromatic heterocycles. The summed E-state index contributed by atoms with van der Waals surface area (Å²) in [5.74, 6) is 0. The van der Waals surface area contributed by atoms with Crippen LogP contribution >= 0.6 is 24.2 Å². The highest BCUT2D eigenvalue weighted by Crippen LogP contribution is 2.58. The van der Waals surface area contributed by atoms with E-state index in [1.165, 1.54) is 108 Å². The fourth-order valence-electron chi connectivity index (χ4n) is 3.79. The van der Waals surface area contributed by atoms with E-state index in [2.05, 4.69) is 27.7 Å². The van der Waals surface area contributed by atoms with E-state index in [0.717, 1.165) is 0 Å². The molecule has 0 fully saturated rings. The summed E-state index contributed by atoms with van der Waals surface area (Å²) in [6.07, 6.45) is 26.7. The normalized spacial score (nSPS) is 11.5. The summed E-state index contributed by atoms with van der Waals surface area (Å²) in [6, 6.07) is 0. The number of unbranched alkanes of at least 4 members (excludes halogenated alkanes) is 13. The Labute approximate surface area is 166 Å². The van der Waals surface area contributed by atoms with Gasteiger partial charge in [-0.2, -0.15) is 0 Å². The van der Waals surface area contributed by atoms with Gasteiger partial charge in [-0.05, 0) is 33.6 Å². The van der Waals surface area contributed by atoms with Crippen molar-refractivity contribution in [1.29, 1.82) is 0 Å². The van der Waals surface area contributed by atoms with Crippen molar-refractivity contribution < 1.29 is 0 Å². The minimum absolute atomic E-state index is 0. The maximum atomic E-state index is 2.44. The molecule has 0 saturated heterocycles. The number of halogens is 1. The van der Waals surface area contributed by atoms with Crippen molar-refractivity contribution in [2.45, 2.75) is 118 Å². The summed E-state index contributed by atoms with van der Waals surface area (Å²) in [6.45, 7) is 9.61. The molecule has 24 heavy (non-hydrogen) atoms. The summed E-state index contributed by atoms with van der Waals surface area (Å²) in [7, 11) is -0.523. The van der Waals surface area contributed by atoms with Gasteiger partial charge in [0.15, 0.2) is 0 Å². The minimum atomic E-state index is -0.523. The Bertz CT molecular complexity index is 218. The van der Waals surface area contributed by atoms with E-state index >= 15 is 0 Å². The van der Waals surface area contributed by atoms with Gasteiger partial charge in [0.2, 0.25) is 0 Å². The first-order valence-electron chi connectivity index (χ1n) is 11.1. The summed E-state index contributed by atoms with van der Waals surface area (Å²) < 4.78 is 0. The fourth-order valence-corrected chi connectivity index (χ4v) is 6.97. The smallest absolute Gasteiger partial charge is 0.0594 e. The topological polar surface area (TPSA) is 0 Å². The average Bonchev–Trinajstić information content (AvgIpc) is 2.59. The highest BCUT2D eigenvalue weighted by Gasteiger charge is 2.29. The first kappa shape index (κ1) is 27.1. The van der Waals surface area contributed by atoms with Crippen LogP contribution in [-0.4, -0.2) is 24.6 Å². The van der Waals surface area contributed by atoms with Crippen LogP contribution in [0.3, 0.4) is 0 Å². The van der Waals surface area contributed by atoms with Gasteiger partial charge in [-0.1, -0.05) is 84.0 Å². The Hall–Kier alpha value is 0.910. The molecule has 2 heteroatoms. The summed E-state index contributed by atoms with van der Waals surface area (Å²) in [5, 5.41) is 0. The molecule has 0 aliphatic carbocycles. The van der Waals surface area contributed by atoms with E-state index in [1.54, 1.807) is 6.16 Å². The highest BCUT2D eigenvalue weighted by atomic mass is 79.9. The molecule has 0 N–H and O–H groups in total. The number of hydrogen-bond acceptors (Lipinski definition) is 0. The van der Waals surface area contributed by atoms with Gasteiger partial charge < -0.3 is 0 Å². The molecule has 0 bridgehead atoms. The molecule has 0 aromatic rings. The molecule has 0 atom stereocenters. The number of hydrogen-bond donors (Lipinski definition) is 0. The van der Waals surface area contributed by atoms with Crippen molar-refractivity contribution in [3.05, 3.63) is 0 Å². The second-order valence-corrected chi connectivity index (χ2v) is 12.6. The van der Waals surface area contributed by atoms with Crippen molar-refractivity contribution in [3.8, 4) is 0 Å². The molecule has 0 aliphatic rings. The maximum Gasteiger partial charge on any atom is 0.0594 e. The third kappa shape index (κ3) is 15.2. The molecular weight excluding hydrogens is 375 g/mol. The second kappa shape index (κ2) is 20.2. The Morgan fingerprint density at radius 1 is 0.417 bits per heavy atom. The molecule has 0 radical (unpaired) electrons. The summed E-state index contributed by atoms with van der Waals surface area (Å²) >= 11 is 0. The van der Waals surface area contributed by atoms with E-state index in [0.29, 0.717) is 0 Å². The molecule has 0 saturated carbocycles. The van der Waals surface area contributed by atoms with Crippen molar-refractivity contribution in [2.24, 2.45) is 0 Å². The fraction of sp³-hybridized carbons (Fsp3) is 1.00. The molecular formula is C22H49BrP+. The van der Waals surface area contributed by atoms with Crippen molar-refractivity contribution in [2.75, 3.05) is 24.6 Å². The van der Waals surface area contributed by atoms with Crippen LogP contribution in [0.1, 0.15) is 118 Å². The van der Waals surface area contributed by atoms with Crippen LogP contribution in [0.5, 0.6) is 0 Å². The van der Waals surface area contributed by atoms with Gasteiger partial charge in [-0.15, -0.1) is 17.0 Å². The summed E-state index contributed by atoms with van der Waals surface area (Å²) in [5.41, 5.74) is 0. The summed E-state index contributed by atoms with van der Waals surface area (Å²) in [4.78, 5) is 0. The molecule has 0 spiro atoms. The molecule has 0 heterocycles. The monoisotopic (exact) mass is 423 g/mol. The minimum Gasteiger partial charge on any atom is -0.114 e. The van der Waals surface area contributed by atoms with Crippen LogP contribution < -0.4 is 0 Å². The van der Waals surface area contributed by atoms with Crippen LogP contribution in [-0.2, 0) is 0 Å². The molecule has 0 unspecified atom stereocenters. The van der Waals surface area contributed by atoms with Gasteiger partial charge in [0, 0.05) is 7.26 Å². The number of rotatable bonds is 18. The van der Waals surface area contributed by atoms with Crippen molar-refractivity contribution in [3.63, 3.8) is 0 Å². The molecule has 0 rings (SSSR count). The first-order chi connectivity index (χ1) is 11.2. The van der Waals surface area contributed by atoms with Gasteiger partial charge in [-0.25, -0.2) is 0 Å². The largest absolute Gasteiger partial charge is 0.114 e. The third-order valence-electron chi connectivity index (χ3n) is 6.00.